The van der Waals surface area contributed by atoms with Gasteiger partial charge in [0.05, 0.1) is 0 Å². The van der Waals surface area contributed by atoms with Crippen molar-refractivity contribution in [2.24, 2.45) is 0 Å². The Hall–Kier alpha value is -6.96. The predicted molar refractivity (Wildman–Crippen MR) is 227 cm³/mol. The third kappa shape index (κ3) is 5.34. The highest BCUT2D eigenvalue weighted by Gasteiger charge is 2.22. The van der Waals surface area contributed by atoms with Crippen LogP contribution in [0.3, 0.4) is 0 Å². The summed E-state index contributed by atoms with van der Waals surface area (Å²) in [5, 5.41) is 9.97. The Kier molecular flexibility index (Phi) is 7.55. The monoisotopic (exact) mass is 673 g/mol. The number of para-hydroxylation sites is 1. The third-order valence-corrected chi connectivity index (χ3v) is 10.6. The van der Waals surface area contributed by atoms with Crippen LogP contribution in [0.5, 0.6) is 0 Å². The molecule has 53 heavy (non-hydrogen) atoms. The van der Waals surface area contributed by atoms with Crippen molar-refractivity contribution in [3.8, 4) is 33.4 Å². The predicted octanol–water partition coefficient (Wildman–Crippen LogP) is 14.8. The van der Waals surface area contributed by atoms with E-state index >= 15 is 0 Å². The molecule has 0 bridgehead atoms. The van der Waals surface area contributed by atoms with Crippen LogP contribution in [0.25, 0.3) is 76.5 Å². The van der Waals surface area contributed by atoms with Crippen molar-refractivity contribution in [2.45, 2.75) is 0 Å². The van der Waals surface area contributed by atoms with Gasteiger partial charge >= 0.3 is 0 Å². The van der Waals surface area contributed by atoms with E-state index in [0.29, 0.717) is 0 Å². The first kappa shape index (κ1) is 30.8. The van der Waals surface area contributed by atoms with Crippen molar-refractivity contribution >= 4 is 60.2 Å². The number of nitrogens with zero attached hydrogens (tertiary/aromatic N) is 1. The lowest BCUT2D eigenvalue weighted by atomic mass is 9.81. The molecule has 0 heterocycles. The average Bonchev–Trinajstić information content (AvgIpc) is 3.24. The topological polar surface area (TPSA) is 3.24 Å². The molecule has 0 fully saturated rings. The number of hydrogen-bond donors (Lipinski definition) is 0. The molecule has 1 nitrogen and oxygen atoms in total. The van der Waals surface area contributed by atoms with E-state index in [1.54, 1.807) is 0 Å². The van der Waals surface area contributed by atoms with Crippen LogP contribution >= 0.6 is 0 Å². The van der Waals surface area contributed by atoms with Crippen molar-refractivity contribution in [1.29, 1.82) is 0 Å². The summed E-state index contributed by atoms with van der Waals surface area (Å²) in [6.07, 6.45) is 0. The molecular formula is C52H35N. The van der Waals surface area contributed by atoms with Gasteiger partial charge in [-0.05, 0) is 119 Å². The van der Waals surface area contributed by atoms with Gasteiger partial charge in [-0.1, -0.05) is 170 Å². The molecule has 0 unspecified atom stereocenters. The van der Waals surface area contributed by atoms with Gasteiger partial charge in [0, 0.05) is 17.1 Å². The standard InChI is InChI=1S/C52H35N/c1-5-18-37(19-6-1)47-35-48(38-20-7-2-8-21-38)51-46-32-31-43(53(41-25-11-4-12-26-41)42-30-29-36-17-13-14-24-40(36)33-42)34-49(46)44-27-15-16-28-45(44)52(51)50(47)39-22-9-3-10-23-39/h1-35H. The Morgan fingerprint density at radius 1 is 0.264 bits per heavy atom. The summed E-state index contributed by atoms with van der Waals surface area (Å²) >= 11 is 0. The quantitative estimate of drug-likeness (QED) is 0.159. The zero-order valence-electron chi connectivity index (χ0n) is 29.2. The van der Waals surface area contributed by atoms with Gasteiger partial charge in [-0.15, -0.1) is 0 Å². The summed E-state index contributed by atoms with van der Waals surface area (Å²) in [7, 11) is 0. The normalized spacial score (nSPS) is 11.4. The second kappa shape index (κ2) is 13.0. The molecule has 1 heteroatoms. The first-order chi connectivity index (χ1) is 26.3. The Morgan fingerprint density at radius 3 is 1.47 bits per heavy atom. The van der Waals surface area contributed by atoms with Crippen molar-refractivity contribution in [3.63, 3.8) is 0 Å². The molecule has 0 amide bonds. The molecule has 0 atom stereocenters. The first-order valence-electron chi connectivity index (χ1n) is 18.3. The molecule has 0 spiro atoms. The Morgan fingerprint density at radius 2 is 0.774 bits per heavy atom. The van der Waals surface area contributed by atoms with Gasteiger partial charge in [0.25, 0.3) is 0 Å². The Labute approximate surface area is 309 Å². The van der Waals surface area contributed by atoms with Crippen molar-refractivity contribution in [3.05, 3.63) is 212 Å². The van der Waals surface area contributed by atoms with Crippen LogP contribution in [-0.2, 0) is 0 Å². The van der Waals surface area contributed by atoms with Crippen LogP contribution in [0.2, 0.25) is 0 Å². The second-order valence-electron chi connectivity index (χ2n) is 13.7. The van der Waals surface area contributed by atoms with Crippen LogP contribution in [0.15, 0.2) is 212 Å². The largest absolute Gasteiger partial charge is 0.310 e. The number of hydrogen-bond acceptors (Lipinski definition) is 1. The van der Waals surface area contributed by atoms with Crippen LogP contribution in [-0.4, -0.2) is 0 Å². The second-order valence-corrected chi connectivity index (χ2v) is 13.7. The highest BCUT2D eigenvalue weighted by molar-refractivity contribution is 6.33. The smallest absolute Gasteiger partial charge is 0.0468 e. The number of rotatable bonds is 6. The van der Waals surface area contributed by atoms with E-state index in [2.05, 4.69) is 217 Å². The van der Waals surface area contributed by atoms with Gasteiger partial charge in [0.2, 0.25) is 0 Å². The lowest BCUT2D eigenvalue weighted by Crippen LogP contribution is -2.09. The average molecular weight is 674 g/mol. The van der Waals surface area contributed by atoms with Crippen molar-refractivity contribution in [1.82, 2.24) is 0 Å². The zero-order chi connectivity index (χ0) is 35.1. The molecule has 248 valence electrons. The van der Waals surface area contributed by atoms with Crippen molar-refractivity contribution < 1.29 is 0 Å². The molecule has 0 saturated carbocycles. The number of anilines is 3. The summed E-state index contributed by atoms with van der Waals surface area (Å²) in [4.78, 5) is 2.39. The Balaban J connectivity index is 1.34. The van der Waals surface area contributed by atoms with E-state index in [9.17, 15) is 0 Å². The van der Waals surface area contributed by atoms with E-state index in [-0.39, 0.29) is 0 Å². The fourth-order valence-electron chi connectivity index (χ4n) is 8.22. The van der Waals surface area contributed by atoms with Crippen molar-refractivity contribution in [2.75, 3.05) is 4.90 Å². The van der Waals surface area contributed by atoms with E-state index < -0.39 is 0 Å². The number of benzene rings is 10. The van der Waals surface area contributed by atoms with Crippen LogP contribution in [0.1, 0.15) is 0 Å². The van der Waals surface area contributed by atoms with E-state index in [0.717, 1.165) is 17.1 Å². The van der Waals surface area contributed by atoms with E-state index in [1.165, 1.54) is 76.5 Å². The SMILES string of the molecule is c1ccc(-c2cc(-c3ccccc3)c3c4ccc(N(c5ccccc5)c5ccc6ccccc6c5)cc4c4ccccc4c3c2-c2ccccc2)cc1. The number of fused-ring (bicyclic) bond motifs is 7. The minimum absolute atomic E-state index is 1.12. The molecule has 0 saturated heterocycles. The maximum atomic E-state index is 2.43. The molecule has 0 aromatic heterocycles. The third-order valence-electron chi connectivity index (χ3n) is 10.6. The fourth-order valence-corrected chi connectivity index (χ4v) is 8.22. The van der Waals surface area contributed by atoms with Gasteiger partial charge in [-0.25, -0.2) is 0 Å². The summed E-state index contributed by atoms with van der Waals surface area (Å²) in [5.41, 5.74) is 10.7. The minimum atomic E-state index is 1.12. The summed E-state index contributed by atoms with van der Waals surface area (Å²) < 4.78 is 0. The maximum absolute atomic E-state index is 2.43. The molecule has 10 rings (SSSR count). The highest BCUT2D eigenvalue weighted by Crippen LogP contribution is 2.50. The fraction of sp³-hybridized carbons (Fsp3) is 0. The van der Waals surface area contributed by atoms with Gasteiger partial charge < -0.3 is 4.90 Å². The molecule has 0 aliphatic heterocycles. The molecule has 0 aliphatic carbocycles. The lowest BCUT2D eigenvalue weighted by molar-refractivity contribution is 1.29. The van der Waals surface area contributed by atoms with Gasteiger partial charge in [0.1, 0.15) is 0 Å². The molecular weight excluding hydrogens is 639 g/mol. The van der Waals surface area contributed by atoms with E-state index in [4.69, 9.17) is 0 Å². The van der Waals surface area contributed by atoms with Crippen LogP contribution in [0, 0.1) is 0 Å². The highest BCUT2D eigenvalue weighted by atomic mass is 15.1. The first-order valence-corrected chi connectivity index (χ1v) is 18.3. The molecule has 0 aliphatic rings. The summed E-state index contributed by atoms with van der Waals surface area (Å²) in [5.74, 6) is 0. The van der Waals surface area contributed by atoms with Gasteiger partial charge in [-0.2, -0.15) is 0 Å². The summed E-state index contributed by atoms with van der Waals surface area (Å²) in [6.45, 7) is 0. The van der Waals surface area contributed by atoms with Gasteiger partial charge in [0.15, 0.2) is 0 Å². The van der Waals surface area contributed by atoms with Gasteiger partial charge in [-0.3, -0.25) is 0 Å². The lowest BCUT2D eigenvalue weighted by Gasteiger charge is -2.27. The van der Waals surface area contributed by atoms with Crippen LogP contribution < -0.4 is 4.90 Å². The molecule has 0 N–H and O–H groups in total. The molecule has 0 radical (unpaired) electrons. The molecule has 10 aromatic rings. The van der Waals surface area contributed by atoms with E-state index in [1.807, 2.05) is 0 Å². The minimum Gasteiger partial charge on any atom is -0.310 e. The van der Waals surface area contributed by atoms with Crippen LogP contribution in [0.4, 0.5) is 17.1 Å². The zero-order valence-corrected chi connectivity index (χ0v) is 29.2. The Bertz CT molecular complexity index is 2920. The maximum Gasteiger partial charge on any atom is 0.0468 e. The molecule has 10 aromatic carbocycles. The summed E-state index contributed by atoms with van der Waals surface area (Å²) in [6, 6.07) is 77.3.